The second-order valence-electron chi connectivity index (χ2n) is 4.58. The lowest BCUT2D eigenvalue weighted by Crippen LogP contribution is -2.33. The SMILES string of the molecule is NC(C(=O)NCc1ccc(CO)cc1)c1ccccc1. The monoisotopic (exact) mass is 270 g/mol. The van der Waals surface area contributed by atoms with Crippen molar-refractivity contribution in [2.45, 2.75) is 19.2 Å². The van der Waals surface area contributed by atoms with Gasteiger partial charge < -0.3 is 16.2 Å². The van der Waals surface area contributed by atoms with Crippen molar-refractivity contribution in [2.75, 3.05) is 0 Å². The average molecular weight is 270 g/mol. The summed E-state index contributed by atoms with van der Waals surface area (Å²) >= 11 is 0. The lowest BCUT2D eigenvalue weighted by molar-refractivity contribution is -0.122. The van der Waals surface area contributed by atoms with Crippen LogP contribution in [0.15, 0.2) is 54.6 Å². The minimum absolute atomic E-state index is 0.0194. The van der Waals surface area contributed by atoms with E-state index in [-0.39, 0.29) is 12.5 Å². The van der Waals surface area contributed by atoms with Gasteiger partial charge in [0.2, 0.25) is 5.91 Å². The number of carbonyl (C=O) groups excluding carboxylic acids is 1. The van der Waals surface area contributed by atoms with Crippen molar-refractivity contribution in [2.24, 2.45) is 5.73 Å². The molecule has 2 aromatic rings. The van der Waals surface area contributed by atoms with Crippen LogP contribution in [0.5, 0.6) is 0 Å². The lowest BCUT2D eigenvalue weighted by atomic mass is 10.1. The number of rotatable bonds is 5. The molecule has 0 aliphatic heterocycles. The number of aliphatic hydroxyl groups excluding tert-OH is 1. The number of hydrogen-bond donors (Lipinski definition) is 3. The van der Waals surface area contributed by atoms with Crippen LogP contribution in [0.4, 0.5) is 0 Å². The van der Waals surface area contributed by atoms with Gasteiger partial charge in [0.15, 0.2) is 0 Å². The number of aliphatic hydroxyl groups is 1. The van der Waals surface area contributed by atoms with Gasteiger partial charge in [0.05, 0.1) is 6.61 Å². The van der Waals surface area contributed by atoms with Crippen molar-refractivity contribution >= 4 is 5.91 Å². The predicted octanol–water partition coefficient (Wildman–Crippen LogP) is 1.50. The molecule has 1 atom stereocenters. The molecule has 0 spiro atoms. The fourth-order valence-corrected chi connectivity index (χ4v) is 1.87. The van der Waals surface area contributed by atoms with Gasteiger partial charge in [-0.25, -0.2) is 0 Å². The zero-order valence-corrected chi connectivity index (χ0v) is 11.1. The molecule has 0 bridgehead atoms. The topological polar surface area (TPSA) is 75.4 Å². The Balaban J connectivity index is 1.91. The number of hydrogen-bond acceptors (Lipinski definition) is 3. The first-order valence-electron chi connectivity index (χ1n) is 6.47. The van der Waals surface area contributed by atoms with E-state index < -0.39 is 6.04 Å². The Morgan fingerprint density at radius 1 is 1.05 bits per heavy atom. The van der Waals surface area contributed by atoms with Gasteiger partial charge >= 0.3 is 0 Å². The molecule has 104 valence electrons. The quantitative estimate of drug-likeness (QED) is 0.770. The number of carbonyl (C=O) groups is 1. The van der Waals surface area contributed by atoms with Gasteiger partial charge in [-0.2, -0.15) is 0 Å². The number of nitrogens with two attached hydrogens (primary N) is 1. The van der Waals surface area contributed by atoms with Crippen molar-refractivity contribution in [1.29, 1.82) is 0 Å². The van der Waals surface area contributed by atoms with E-state index in [9.17, 15) is 4.79 Å². The Morgan fingerprint density at radius 2 is 1.65 bits per heavy atom. The summed E-state index contributed by atoms with van der Waals surface area (Å²) in [6.07, 6.45) is 0. The minimum atomic E-state index is -0.659. The van der Waals surface area contributed by atoms with Crippen LogP contribution < -0.4 is 11.1 Å². The first kappa shape index (κ1) is 14.2. The summed E-state index contributed by atoms with van der Waals surface area (Å²) in [5.74, 6) is -0.206. The van der Waals surface area contributed by atoms with Gasteiger partial charge in [-0.1, -0.05) is 54.6 Å². The maximum absolute atomic E-state index is 12.0. The molecule has 0 aliphatic carbocycles. The van der Waals surface area contributed by atoms with E-state index in [0.717, 1.165) is 16.7 Å². The Morgan fingerprint density at radius 3 is 2.25 bits per heavy atom. The molecule has 1 amide bonds. The smallest absolute Gasteiger partial charge is 0.241 e. The zero-order chi connectivity index (χ0) is 14.4. The van der Waals surface area contributed by atoms with E-state index in [0.29, 0.717) is 6.54 Å². The molecule has 0 radical (unpaired) electrons. The Bertz CT molecular complexity index is 552. The van der Waals surface area contributed by atoms with Crippen LogP contribution in [0.25, 0.3) is 0 Å². The highest BCUT2D eigenvalue weighted by Gasteiger charge is 2.14. The third-order valence-electron chi connectivity index (χ3n) is 3.11. The number of amides is 1. The van der Waals surface area contributed by atoms with Crippen LogP contribution in [-0.2, 0) is 17.9 Å². The summed E-state index contributed by atoms with van der Waals surface area (Å²) in [6.45, 7) is 0.441. The van der Waals surface area contributed by atoms with Gasteiger partial charge in [-0.15, -0.1) is 0 Å². The molecule has 4 heteroatoms. The number of nitrogens with one attached hydrogen (secondary N) is 1. The van der Waals surface area contributed by atoms with Gasteiger partial charge in [0.1, 0.15) is 6.04 Å². The highest BCUT2D eigenvalue weighted by atomic mass is 16.3. The molecule has 0 aliphatic rings. The van der Waals surface area contributed by atoms with Crippen molar-refractivity contribution in [3.63, 3.8) is 0 Å². The fraction of sp³-hybridized carbons (Fsp3) is 0.188. The van der Waals surface area contributed by atoms with Gasteiger partial charge in [-0.3, -0.25) is 4.79 Å². The summed E-state index contributed by atoms with van der Waals surface area (Å²) in [6, 6.07) is 16.0. The van der Waals surface area contributed by atoms with Crippen LogP contribution in [0.2, 0.25) is 0 Å². The molecule has 0 fully saturated rings. The minimum Gasteiger partial charge on any atom is -0.392 e. The molecule has 2 rings (SSSR count). The van der Waals surface area contributed by atoms with Gasteiger partial charge in [0, 0.05) is 6.54 Å². The van der Waals surface area contributed by atoms with E-state index >= 15 is 0 Å². The second kappa shape index (κ2) is 6.84. The molecule has 0 saturated carbocycles. The van der Waals surface area contributed by atoms with Crippen LogP contribution in [0.1, 0.15) is 22.7 Å². The zero-order valence-electron chi connectivity index (χ0n) is 11.1. The third-order valence-corrected chi connectivity index (χ3v) is 3.11. The normalized spacial score (nSPS) is 11.9. The summed E-state index contributed by atoms with van der Waals surface area (Å²) in [4.78, 5) is 12.0. The molecule has 0 aromatic heterocycles. The largest absolute Gasteiger partial charge is 0.392 e. The molecule has 2 aromatic carbocycles. The highest BCUT2D eigenvalue weighted by molar-refractivity contribution is 5.82. The van der Waals surface area contributed by atoms with Crippen LogP contribution in [0.3, 0.4) is 0 Å². The van der Waals surface area contributed by atoms with Gasteiger partial charge in [-0.05, 0) is 16.7 Å². The van der Waals surface area contributed by atoms with E-state index in [1.54, 1.807) is 0 Å². The van der Waals surface area contributed by atoms with E-state index in [1.807, 2.05) is 54.6 Å². The van der Waals surface area contributed by atoms with Crippen LogP contribution in [0, 0.1) is 0 Å². The second-order valence-corrected chi connectivity index (χ2v) is 4.58. The lowest BCUT2D eigenvalue weighted by Gasteiger charge is -2.12. The Kier molecular flexibility index (Phi) is 4.87. The van der Waals surface area contributed by atoms with Crippen LogP contribution >= 0.6 is 0 Å². The fourth-order valence-electron chi connectivity index (χ4n) is 1.87. The third kappa shape index (κ3) is 3.66. The number of benzene rings is 2. The summed E-state index contributed by atoms with van der Waals surface area (Å²) in [5, 5.41) is 11.8. The van der Waals surface area contributed by atoms with Crippen molar-refractivity contribution < 1.29 is 9.90 Å². The van der Waals surface area contributed by atoms with Crippen molar-refractivity contribution in [1.82, 2.24) is 5.32 Å². The molecule has 4 N–H and O–H groups in total. The Labute approximate surface area is 118 Å². The molecule has 4 nitrogen and oxygen atoms in total. The summed E-state index contributed by atoms with van der Waals surface area (Å²) in [5.41, 5.74) is 8.51. The standard InChI is InChI=1S/C16H18N2O2/c17-15(14-4-2-1-3-5-14)16(20)18-10-12-6-8-13(11-19)9-7-12/h1-9,15,19H,10-11,17H2,(H,18,20). The first-order chi connectivity index (χ1) is 9.70. The Hall–Kier alpha value is -2.17. The molecule has 0 heterocycles. The van der Waals surface area contributed by atoms with Gasteiger partial charge in [0.25, 0.3) is 0 Å². The maximum atomic E-state index is 12.0. The van der Waals surface area contributed by atoms with Crippen molar-refractivity contribution in [3.8, 4) is 0 Å². The molecular weight excluding hydrogens is 252 g/mol. The van der Waals surface area contributed by atoms with E-state index in [2.05, 4.69) is 5.32 Å². The van der Waals surface area contributed by atoms with Crippen LogP contribution in [-0.4, -0.2) is 11.0 Å². The summed E-state index contributed by atoms with van der Waals surface area (Å²) in [7, 11) is 0. The van der Waals surface area contributed by atoms with Crippen molar-refractivity contribution in [3.05, 3.63) is 71.3 Å². The molecule has 20 heavy (non-hydrogen) atoms. The summed E-state index contributed by atoms with van der Waals surface area (Å²) < 4.78 is 0. The molecule has 1 unspecified atom stereocenters. The predicted molar refractivity (Wildman–Crippen MR) is 77.6 cm³/mol. The molecular formula is C16H18N2O2. The maximum Gasteiger partial charge on any atom is 0.241 e. The van der Waals surface area contributed by atoms with E-state index in [4.69, 9.17) is 10.8 Å². The highest BCUT2D eigenvalue weighted by Crippen LogP contribution is 2.10. The molecule has 0 saturated heterocycles. The van der Waals surface area contributed by atoms with E-state index in [1.165, 1.54) is 0 Å². The first-order valence-corrected chi connectivity index (χ1v) is 6.47. The average Bonchev–Trinajstić information content (AvgIpc) is 2.53.